The van der Waals surface area contributed by atoms with E-state index in [-0.39, 0.29) is 17.5 Å². The second-order valence-corrected chi connectivity index (χ2v) is 8.56. The maximum absolute atomic E-state index is 12.7. The fraction of sp³-hybridized carbons (Fsp3) is 0.478. The Kier molecular flexibility index (Phi) is 6.27. The summed E-state index contributed by atoms with van der Waals surface area (Å²) in [5, 5.41) is 12.8. The number of hydrogen-bond acceptors (Lipinski definition) is 7. The Balaban J connectivity index is 1.66. The molecular weight excluding hydrogens is 408 g/mol. The van der Waals surface area contributed by atoms with Crippen molar-refractivity contribution in [3.63, 3.8) is 0 Å². The summed E-state index contributed by atoms with van der Waals surface area (Å²) in [5.41, 5.74) is 0.764. The third-order valence-electron chi connectivity index (χ3n) is 6.31. The van der Waals surface area contributed by atoms with Crippen molar-refractivity contribution in [2.75, 3.05) is 33.3 Å². The molecule has 1 aromatic carbocycles. The minimum atomic E-state index is -0.240. The average molecular weight is 439 g/mol. The minimum Gasteiger partial charge on any atom is -0.496 e. The molecule has 2 aromatic heterocycles. The first kappa shape index (κ1) is 22.0. The second-order valence-electron chi connectivity index (χ2n) is 8.56. The molecule has 9 heteroatoms. The molecule has 1 fully saturated rings. The number of piperazine rings is 1. The van der Waals surface area contributed by atoms with Crippen molar-refractivity contribution in [3.05, 3.63) is 59.8 Å². The summed E-state index contributed by atoms with van der Waals surface area (Å²) in [6.45, 7) is 8.91. The number of ether oxygens (including phenoxy) is 1. The first-order valence-electron chi connectivity index (χ1n) is 10.9. The Morgan fingerprint density at radius 3 is 2.56 bits per heavy atom. The van der Waals surface area contributed by atoms with E-state index in [0.29, 0.717) is 31.9 Å². The van der Waals surface area contributed by atoms with Gasteiger partial charge in [0.05, 0.1) is 18.9 Å². The first-order valence-corrected chi connectivity index (χ1v) is 10.9. The monoisotopic (exact) mass is 438 g/mol. The molecular formula is C23H30N6O3. The molecule has 1 amide bonds. The molecule has 4 rings (SSSR count). The van der Waals surface area contributed by atoms with Crippen LogP contribution < -0.4 is 4.74 Å². The van der Waals surface area contributed by atoms with Gasteiger partial charge in [0.15, 0.2) is 11.6 Å². The molecule has 3 heterocycles. The lowest BCUT2D eigenvalue weighted by Gasteiger charge is -2.39. The van der Waals surface area contributed by atoms with E-state index in [2.05, 4.69) is 47.3 Å². The van der Waals surface area contributed by atoms with Gasteiger partial charge < -0.3 is 14.1 Å². The predicted molar refractivity (Wildman–Crippen MR) is 118 cm³/mol. The Hall–Kier alpha value is -3.20. The quantitative estimate of drug-likeness (QED) is 0.560. The summed E-state index contributed by atoms with van der Waals surface area (Å²) in [4.78, 5) is 16.9. The topological polar surface area (TPSA) is 89.5 Å². The zero-order valence-corrected chi connectivity index (χ0v) is 19.1. The molecule has 0 saturated carbocycles. The van der Waals surface area contributed by atoms with Crippen LogP contribution in [-0.2, 0) is 5.54 Å². The minimum absolute atomic E-state index is 0.0829. The summed E-state index contributed by atoms with van der Waals surface area (Å²) in [6, 6.07) is 11.2. The van der Waals surface area contributed by atoms with Crippen molar-refractivity contribution in [1.29, 1.82) is 0 Å². The highest BCUT2D eigenvalue weighted by Gasteiger charge is 2.36. The number of para-hydroxylation sites is 1. The molecule has 1 aliphatic heterocycles. The Labute approximate surface area is 187 Å². The van der Waals surface area contributed by atoms with Crippen molar-refractivity contribution >= 4 is 5.91 Å². The molecule has 0 radical (unpaired) electrons. The van der Waals surface area contributed by atoms with Gasteiger partial charge in [-0.2, -0.15) is 0 Å². The number of carbonyl (C=O) groups is 1. The number of aromatic nitrogens is 4. The lowest BCUT2D eigenvalue weighted by atomic mass is 9.98. The van der Waals surface area contributed by atoms with Gasteiger partial charge in [-0.15, -0.1) is 5.10 Å². The number of methoxy groups -OCH3 is 1. The maximum Gasteiger partial charge on any atom is 0.289 e. The molecule has 170 valence electrons. The molecule has 9 nitrogen and oxygen atoms in total. The molecule has 0 N–H and O–H groups in total. The predicted octanol–water partition coefficient (Wildman–Crippen LogP) is 2.97. The largest absolute Gasteiger partial charge is 0.496 e. The van der Waals surface area contributed by atoms with Crippen molar-refractivity contribution in [3.8, 4) is 5.75 Å². The average Bonchev–Trinajstić information content (AvgIpc) is 3.53. The van der Waals surface area contributed by atoms with Crippen LogP contribution in [0.3, 0.4) is 0 Å². The van der Waals surface area contributed by atoms with Crippen LogP contribution in [0.1, 0.15) is 55.2 Å². The Morgan fingerprint density at radius 2 is 1.91 bits per heavy atom. The van der Waals surface area contributed by atoms with Crippen molar-refractivity contribution in [2.24, 2.45) is 0 Å². The third kappa shape index (κ3) is 4.12. The Morgan fingerprint density at radius 1 is 1.16 bits per heavy atom. The van der Waals surface area contributed by atoms with Crippen molar-refractivity contribution in [1.82, 2.24) is 30.0 Å². The van der Waals surface area contributed by atoms with E-state index in [0.717, 1.165) is 23.6 Å². The summed E-state index contributed by atoms with van der Waals surface area (Å²) in [5.74, 6) is 1.84. The molecule has 1 atom stereocenters. The normalized spacial score (nSPS) is 16.2. The lowest BCUT2D eigenvalue weighted by Crippen LogP contribution is -2.50. The van der Waals surface area contributed by atoms with Gasteiger partial charge in [0.2, 0.25) is 0 Å². The van der Waals surface area contributed by atoms with E-state index < -0.39 is 0 Å². The summed E-state index contributed by atoms with van der Waals surface area (Å²) in [6.07, 6.45) is 2.41. The summed E-state index contributed by atoms with van der Waals surface area (Å²) >= 11 is 0. The number of tetrazole rings is 1. The number of rotatable bonds is 7. The zero-order valence-electron chi connectivity index (χ0n) is 19.1. The number of benzene rings is 1. The van der Waals surface area contributed by atoms with Gasteiger partial charge in [0.1, 0.15) is 11.8 Å². The summed E-state index contributed by atoms with van der Waals surface area (Å²) < 4.78 is 12.9. The molecule has 3 aromatic rings. The molecule has 0 aliphatic carbocycles. The molecule has 0 unspecified atom stereocenters. The van der Waals surface area contributed by atoms with E-state index >= 15 is 0 Å². The van der Waals surface area contributed by atoms with Crippen LogP contribution in [0.4, 0.5) is 0 Å². The standard InChI is InChI=1S/C23H30N6O3/c1-5-23(2,3)29-21(24-25-26-29)20(17-9-6-7-10-18(17)31-4)27-12-14-28(15-13-27)22(30)19-11-8-16-32-19/h6-11,16,20H,5,12-15H2,1-4H3/t20-/m1/s1. The highest BCUT2D eigenvalue weighted by molar-refractivity contribution is 5.91. The van der Waals surface area contributed by atoms with Gasteiger partial charge in [-0.25, -0.2) is 4.68 Å². The Bertz CT molecular complexity index is 1040. The number of furan rings is 1. The van der Waals surface area contributed by atoms with E-state index in [1.165, 1.54) is 6.26 Å². The van der Waals surface area contributed by atoms with E-state index in [9.17, 15) is 4.79 Å². The van der Waals surface area contributed by atoms with E-state index in [1.807, 2.05) is 27.8 Å². The fourth-order valence-electron chi connectivity index (χ4n) is 4.08. The van der Waals surface area contributed by atoms with Gasteiger partial charge in [0, 0.05) is 31.7 Å². The molecule has 0 spiro atoms. The van der Waals surface area contributed by atoms with Gasteiger partial charge in [-0.05, 0) is 48.9 Å². The lowest BCUT2D eigenvalue weighted by molar-refractivity contribution is 0.0553. The van der Waals surface area contributed by atoms with Gasteiger partial charge >= 0.3 is 0 Å². The van der Waals surface area contributed by atoms with E-state index in [4.69, 9.17) is 9.15 Å². The molecule has 1 aliphatic rings. The highest BCUT2D eigenvalue weighted by Crippen LogP contribution is 2.36. The van der Waals surface area contributed by atoms with Crippen molar-refractivity contribution < 1.29 is 13.9 Å². The van der Waals surface area contributed by atoms with Crippen LogP contribution >= 0.6 is 0 Å². The summed E-state index contributed by atoms with van der Waals surface area (Å²) in [7, 11) is 1.68. The zero-order chi connectivity index (χ0) is 22.7. The van der Waals surface area contributed by atoms with Gasteiger partial charge in [-0.1, -0.05) is 25.1 Å². The number of carbonyl (C=O) groups excluding carboxylic acids is 1. The maximum atomic E-state index is 12.7. The first-order chi connectivity index (χ1) is 15.5. The van der Waals surface area contributed by atoms with Crippen LogP contribution in [0.25, 0.3) is 0 Å². The van der Waals surface area contributed by atoms with Crippen LogP contribution in [0.2, 0.25) is 0 Å². The van der Waals surface area contributed by atoms with E-state index in [1.54, 1.807) is 19.2 Å². The fourth-order valence-corrected chi connectivity index (χ4v) is 4.08. The van der Waals surface area contributed by atoms with Crippen LogP contribution in [0.5, 0.6) is 5.75 Å². The molecule has 0 bridgehead atoms. The number of hydrogen-bond donors (Lipinski definition) is 0. The smallest absolute Gasteiger partial charge is 0.289 e. The van der Waals surface area contributed by atoms with Gasteiger partial charge in [-0.3, -0.25) is 9.69 Å². The molecule has 32 heavy (non-hydrogen) atoms. The second kappa shape index (κ2) is 9.12. The SMILES string of the molecule is CCC(C)(C)n1nnnc1[C@@H](c1ccccc1OC)N1CCN(C(=O)c2ccco2)CC1. The number of amides is 1. The third-order valence-corrected chi connectivity index (χ3v) is 6.31. The van der Waals surface area contributed by atoms with Gasteiger partial charge in [0.25, 0.3) is 5.91 Å². The van der Waals surface area contributed by atoms with Crippen LogP contribution in [0.15, 0.2) is 47.1 Å². The number of nitrogens with zero attached hydrogens (tertiary/aromatic N) is 6. The van der Waals surface area contributed by atoms with Crippen LogP contribution in [-0.4, -0.2) is 69.2 Å². The van der Waals surface area contributed by atoms with Crippen molar-refractivity contribution in [2.45, 2.75) is 38.8 Å². The highest BCUT2D eigenvalue weighted by atomic mass is 16.5. The molecule has 1 saturated heterocycles. The van der Waals surface area contributed by atoms with Crippen LogP contribution in [0, 0.1) is 0 Å².